The van der Waals surface area contributed by atoms with Crippen LogP contribution < -0.4 is 5.73 Å². The van der Waals surface area contributed by atoms with E-state index >= 15 is 0 Å². The zero-order valence-corrected chi connectivity index (χ0v) is 12.2. The lowest BCUT2D eigenvalue weighted by Crippen LogP contribution is -2.48. The van der Waals surface area contributed by atoms with E-state index in [1.165, 1.54) is 12.1 Å². The van der Waals surface area contributed by atoms with E-state index < -0.39 is 0 Å². The molecule has 0 unspecified atom stereocenters. The van der Waals surface area contributed by atoms with Crippen molar-refractivity contribution in [2.45, 2.75) is 6.54 Å². The molecular formula is C13H17ClFN3S. The fraction of sp³-hybridized carbons (Fsp3) is 0.462. The van der Waals surface area contributed by atoms with Gasteiger partial charge in [0.2, 0.25) is 0 Å². The van der Waals surface area contributed by atoms with Crippen LogP contribution in [0.3, 0.4) is 0 Å². The van der Waals surface area contributed by atoms with Crippen molar-refractivity contribution in [2.75, 3.05) is 32.7 Å². The molecule has 1 heterocycles. The molecule has 1 aliphatic heterocycles. The zero-order chi connectivity index (χ0) is 13.8. The molecule has 3 nitrogen and oxygen atoms in total. The van der Waals surface area contributed by atoms with E-state index in [0.717, 1.165) is 38.3 Å². The molecule has 1 aromatic rings. The van der Waals surface area contributed by atoms with Crippen molar-refractivity contribution < 1.29 is 4.39 Å². The highest BCUT2D eigenvalue weighted by atomic mass is 35.5. The van der Waals surface area contributed by atoms with Crippen LogP contribution in [0.4, 0.5) is 4.39 Å². The van der Waals surface area contributed by atoms with Crippen LogP contribution in [-0.2, 0) is 6.54 Å². The van der Waals surface area contributed by atoms with Crippen LogP contribution in [0.15, 0.2) is 18.2 Å². The molecule has 1 aliphatic rings. The average Bonchev–Trinajstić information content (AvgIpc) is 2.34. The fourth-order valence-electron chi connectivity index (χ4n) is 2.22. The van der Waals surface area contributed by atoms with Gasteiger partial charge >= 0.3 is 0 Å². The van der Waals surface area contributed by atoms with Crippen molar-refractivity contribution in [2.24, 2.45) is 5.73 Å². The standard InChI is InChI=1S/C13H17ClFN3S/c14-12-7-11(15)2-1-10(12)8-17-3-5-18(6-4-17)9-13(16)19/h1-2,7H,3-6,8-9H2,(H2,16,19). The van der Waals surface area contributed by atoms with Crippen molar-refractivity contribution >= 4 is 28.8 Å². The molecule has 0 bridgehead atoms. The number of nitrogens with two attached hydrogens (primary N) is 1. The minimum atomic E-state index is -0.296. The first-order chi connectivity index (χ1) is 9.04. The summed E-state index contributed by atoms with van der Waals surface area (Å²) >= 11 is 10.9. The van der Waals surface area contributed by atoms with E-state index in [4.69, 9.17) is 29.6 Å². The fourth-order valence-corrected chi connectivity index (χ4v) is 2.63. The van der Waals surface area contributed by atoms with E-state index in [1.54, 1.807) is 6.07 Å². The van der Waals surface area contributed by atoms with Crippen molar-refractivity contribution in [3.05, 3.63) is 34.6 Å². The van der Waals surface area contributed by atoms with E-state index in [-0.39, 0.29) is 5.82 Å². The number of hydrogen-bond donors (Lipinski definition) is 1. The lowest BCUT2D eigenvalue weighted by Gasteiger charge is -2.34. The summed E-state index contributed by atoms with van der Waals surface area (Å²) < 4.78 is 13.0. The van der Waals surface area contributed by atoms with E-state index in [2.05, 4.69) is 9.80 Å². The van der Waals surface area contributed by atoms with Gasteiger partial charge in [-0.1, -0.05) is 29.9 Å². The molecule has 19 heavy (non-hydrogen) atoms. The van der Waals surface area contributed by atoms with Crippen LogP contribution in [-0.4, -0.2) is 47.5 Å². The number of piperazine rings is 1. The normalized spacial score (nSPS) is 17.6. The molecular weight excluding hydrogens is 285 g/mol. The van der Waals surface area contributed by atoms with E-state index in [0.29, 0.717) is 16.6 Å². The molecule has 0 aromatic heterocycles. The number of nitrogens with zero attached hydrogens (tertiary/aromatic N) is 2. The Balaban J connectivity index is 1.87. The Hall–Kier alpha value is -0.750. The molecule has 1 saturated heterocycles. The number of benzene rings is 1. The van der Waals surface area contributed by atoms with Gasteiger partial charge in [0.15, 0.2) is 0 Å². The van der Waals surface area contributed by atoms with Crippen LogP contribution in [0.1, 0.15) is 5.56 Å². The van der Waals surface area contributed by atoms with Crippen molar-refractivity contribution in [1.82, 2.24) is 9.80 Å². The van der Waals surface area contributed by atoms with Gasteiger partial charge in [-0.05, 0) is 17.7 Å². The van der Waals surface area contributed by atoms with Gasteiger partial charge in [0, 0.05) is 44.3 Å². The van der Waals surface area contributed by atoms with E-state index in [1.807, 2.05) is 0 Å². The summed E-state index contributed by atoms with van der Waals surface area (Å²) in [6.45, 7) is 5.19. The molecule has 0 saturated carbocycles. The Morgan fingerprint density at radius 3 is 2.47 bits per heavy atom. The molecule has 0 spiro atoms. The molecule has 0 radical (unpaired) electrons. The monoisotopic (exact) mass is 301 g/mol. The first-order valence-corrected chi connectivity index (χ1v) is 7.00. The summed E-state index contributed by atoms with van der Waals surface area (Å²) in [7, 11) is 0. The van der Waals surface area contributed by atoms with Crippen molar-refractivity contribution in [3.8, 4) is 0 Å². The SMILES string of the molecule is NC(=S)CN1CCN(Cc2ccc(F)cc2Cl)CC1. The minimum Gasteiger partial charge on any atom is -0.392 e. The molecule has 6 heteroatoms. The third-order valence-corrected chi connectivity index (χ3v) is 3.73. The number of hydrogen-bond acceptors (Lipinski definition) is 3. The Morgan fingerprint density at radius 1 is 1.26 bits per heavy atom. The maximum Gasteiger partial charge on any atom is 0.124 e. The van der Waals surface area contributed by atoms with Crippen LogP contribution in [0.25, 0.3) is 0 Å². The average molecular weight is 302 g/mol. The molecule has 0 aliphatic carbocycles. The van der Waals surface area contributed by atoms with Crippen LogP contribution in [0, 0.1) is 5.82 Å². The summed E-state index contributed by atoms with van der Waals surface area (Å²) in [5, 5.41) is 0.491. The maximum absolute atomic E-state index is 13.0. The quantitative estimate of drug-likeness (QED) is 0.861. The number of thiocarbonyl (C=S) groups is 1. The van der Waals surface area contributed by atoms with Crippen molar-refractivity contribution in [1.29, 1.82) is 0 Å². The predicted octanol–water partition coefficient (Wildman–Crippen LogP) is 1.88. The van der Waals surface area contributed by atoms with Crippen LogP contribution in [0.5, 0.6) is 0 Å². The van der Waals surface area contributed by atoms with E-state index in [9.17, 15) is 4.39 Å². The molecule has 1 aromatic carbocycles. The molecule has 0 amide bonds. The first-order valence-electron chi connectivity index (χ1n) is 6.21. The van der Waals surface area contributed by atoms with Gasteiger partial charge in [0.25, 0.3) is 0 Å². The van der Waals surface area contributed by atoms with Gasteiger partial charge in [-0.2, -0.15) is 0 Å². The third-order valence-electron chi connectivity index (χ3n) is 3.25. The highest BCUT2D eigenvalue weighted by Crippen LogP contribution is 2.19. The lowest BCUT2D eigenvalue weighted by molar-refractivity contribution is 0.140. The smallest absolute Gasteiger partial charge is 0.124 e. The largest absolute Gasteiger partial charge is 0.392 e. The Kier molecular flexibility index (Phi) is 5.10. The van der Waals surface area contributed by atoms with Crippen LogP contribution in [0.2, 0.25) is 5.02 Å². The summed E-state index contributed by atoms with van der Waals surface area (Å²) in [5.74, 6) is -0.296. The molecule has 2 N–H and O–H groups in total. The summed E-state index contributed by atoms with van der Waals surface area (Å²) in [6, 6.07) is 4.56. The summed E-state index contributed by atoms with van der Waals surface area (Å²) in [6.07, 6.45) is 0. The Bertz CT molecular complexity index is 461. The second-order valence-corrected chi connectivity index (χ2v) is 5.69. The minimum absolute atomic E-state index is 0.296. The second kappa shape index (κ2) is 6.61. The summed E-state index contributed by atoms with van der Waals surface area (Å²) in [5.41, 5.74) is 6.50. The third kappa shape index (κ3) is 4.38. The lowest BCUT2D eigenvalue weighted by atomic mass is 10.2. The van der Waals surface area contributed by atoms with Gasteiger partial charge in [0.05, 0.1) is 4.99 Å². The first kappa shape index (κ1) is 14.7. The van der Waals surface area contributed by atoms with Crippen LogP contribution >= 0.6 is 23.8 Å². The maximum atomic E-state index is 13.0. The van der Waals surface area contributed by atoms with Crippen molar-refractivity contribution in [3.63, 3.8) is 0 Å². The molecule has 0 atom stereocenters. The summed E-state index contributed by atoms with van der Waals surface area (Å²) in [4.78, 5) is 5.08. The van der Waals surface area contributed by atoms with Gasteiger partial charge in [-0.3, -0.25) is 9.80 Å². The highest BCUT2D eigenvalue weighted by Gasteiger charge is 2.18. The van der Waals surface area contributed by atoms with Gasteiger partial charge in [-0.25, -0.2) is 4.39 Å². The van der Waals surface area contributed by atoms with Gasteiger partial charge < -0.3 is 5.73 Å². The highest BCUT2D eigenvalue weighted by molar-refractivity contribution is 7.80. The number of halogens is 2. The Labute approximate surface area is 123 Å². The number of rotatable bonds is 4. The zero-order valence-electron chi connectivity index (χ0n) is 10.6. The van der Waals surface area contributed by atoms with Gasteiger partial charge in [0.1, 0.15) is 5.82 Å². The molecule has 1 fully saturated rings. The second-order valence-electron chi connectivity index (χ2n) is 4.75. The van der Waals surface area contributed by atoms with Gasteiger partial charge in [-0.15, -0.1) is 0 Å². The topological polar surface area (TPSA) is 32.5 Å². The molecule has 104 valence electrons. The predicted molar refractivity (Wildman–Crippen MR) is 79.9 cm³/mol. The Morgan fingerprint density at radius 2 is 1.89 bits per heavy atom. The molecule has 2 rings (SSSR count).